The van der Waals surface area contributed by atoms with Gasteiger partial charge in [-0.3, -0.25) is 0 Å². The Balaban J connectivity index is 0.000000162. The number of hydrogen-bond donors (Lipinski definition) is 0. The number of methoxy groups -OCH3 is 1. The van der Waals surface area contributed by atoms with Crippen molar-refractivity contribution in [2.75, 3.05) is 20.3 Å². The van der Waals surface area contributed by atoms with Crippen molar-refractivity contribution in [1.29, 1.82) is 0 Å². The first-order chi connectivity index (χ1) is 7.24. The number of allylic oxidation sites excluding steroid dienone is 1. The summed E-state index contributed by atoms with van der Waals surface area (Å²) in [6.45, 7) is 7.50. The molecule has 1 atom stereocenters. The van der Waals surface area contributed by atoms with Crippen molar-refractivity contribution in [3.8, 4) is 0 Å². The Morgan fingerprint density at radius 3 is 2.33 bits per heavy atom. The second-order valence-electron chi connectivity index (χ2n) is 3.56. The van der Waals surface area contributed by atoms with Crippen molar-refractivity contribution >= 4 is 5.57 Å². The third-order valence-electron chi connectivity index (χ3n) is 2.02. The van der Waals surface area contributed by atoms with E-state index in [0.717, 1.165) is 18.8 Å². The van der Waals surface area contributed by atoms with Gasteiger partial charge < -0.3 is 9.47 Å². The number of rotatable bonds is 3. The van der Waals surface area contributed by atoms with Crippen LogP contribution in [0.5, 0.6) is 0 Å². The lowest BCUT2D eigenvalue weighted by molar-refractivity contribution is 0.171. The first kappa shape index (κ1) is 12.0. The molecule has 1 aromatic rings. The minimum absolute atomic E-state index is 0.426. The number of hydrogen-bond acceptors (Lipinski definition) is 2. The smallest absolute Gasteiger partial charge is 0.104 e. The molecule has 2 heteroatoms. The van der Waals surface area contributed by atoms with Crippen LogP contribution in [0.25, 0.3) is 5.57 Å². The van der Waals surface area contributed by atoms with E-state index in [-0.39, 0.29) is 0 Å². The highest BCUT2D eigenvalue weighted by Crippen LogP contribution is 2.08. The molecule has 2 nitrogen and oxygen atoms in total. The summed E-state index contributed by atoms with van der Waals surface area (Å²) in [6, 6.07) is 10.2. The van der Waals surface area contributed by atoms with E-state index in [9.17, 15) is 0 Å². The van der Waals surface area contributed by atoms with Crippen LogP contribution >= 0.6 is 0 Å². The van der Waals surface area contributed by atoms with Gasteiger partial charge in [0, 0.05) is 7.11 Å². The molecule has 2 rings (SSSR count). The fourth-order valence-corrected chi connectivity index (χ4v) is 1.07. The maximum atomic E-state index is 4.82. The fourth-order valence-electron chi connectivity index (χ4n) is 1.07. The number of epoxide rings is 1. The van der Waals surface area contributed by atoms with Crippen LogP contribution in [-0.4, -0.2) is 26.4 Å². The van der Waals surface area contributed by atoms with Gasteiger partial charge in [0.2, 0.25) is 0 Å². The summed E-state index contributed by atoms with van der Waals surface area (Å²) in [6.07, 6.45) is 0.426. The Kier molecular flexibility index (Phi) is 5.08. The zero-order valence-electron chi connectivity index (χ0n) is 9.40. The Morgan fingerprint density at radius 2 is 2.07 bits per heavy atom. The van der Waals surface area contributed by atoms with E-state index >= 15 is 0 Å². The topological polar surface area (TPSA) is 21.8 Å². The Morgan fingerprint density at radius 1 is 1.47 bits per heavy atom. The average molecular weight is 206 g/mol. The van der Waals surface area contributed by atoms with Gasteiger partial charge in [-0.25, -0.2) is 0 Å². The molecule has 0 bridgehead atoms. The Labute approximate surface area is 91.5 Å². The Hall–Kier alpha value is -1.12. The SMILES string of the molecule is C=C(C)c1ccccc1.COCC1CO1. The minimum atomic E-state index is 0.426. The molecule has 82 valence electrons. The lowest BCUT2D eigenvalue weighted by Gasteiger charge is -1.94. The molecular weight excluding hydrogens is 188 g/mol. The zero-order chi connectivity index (χ0) is 11.1. The van der Waals surface area contributed by atoms with Crippen LogP contribution in [0.3, 0.4) is 0 Å². The summed E-state index contributed by atoms with van der Waals surface area (Å²) >= 11 is 0. The van der Waals surface area contributed by atoms with Gasteiger partial charge in [0.1, 0.15) is 6.10 Å². The molecule has 1 aliphatic heterocycles. The summed E-state index contributed by atoms with van der Waals surface area (Å²) in [4.78, 5) is 0. The summed E-state index contributed by atoms with van der Waals surface area (Å²) in [5.74, 6) is 0. The predicted octanol–water partition coefficient (Wildman–Crippen LogP) is 2.75. The monoisotopic (exact) mass is 206 g/mol. The number of benzene rings is 1. The van der Waals surface area contributed by atoms with E-state index in [4.69, 9.17) is 9.47 Å². The molecule has 1 aliphatic rings. The van der Waals surface area contributed by atoms with Crippen LogP contribution in [-0.2, 0) is 9.47 Å². The first-order valence-electron chi connectivity index (χ1n) is 5.05. The quantitative estimate of drug-likeness (QED) is 0.709. The minimum Gasteiger partial charge on any atom is -0.382 e. The van der Waals surface area contributed by atoms with Crippen LogP contribution in [0.1, 0.15) is 12.5 Å². The molecule has 0 saturated carbocycles. The number of ether oxygens (including phenoxy) is 2. The summed E-state index contributed by atoms with van der Waals surface area (Å²) in [7, 11) is 1.68. The second-order valence-corrected chi connectivity index (χ2v) is 3.56. The molecule has 0 spiro atoms. The fraction of sp³-hybridized carbons (Fsp3) is 0.385. The van der Waals surface area contributed by atoms with Gasteiger partial charge in [-0.05, 0) is 12.5 Å². The van der Waals surface area contributed by atoms with Gasteiger partial charge >= 0.3 is 0 Å². The van der Waals surface area contributed by atoms with Crippen molar-refractivity contribution < 1.29 is 9.47 Å². The molecule has 15 heavy (non-hydrogen) atoms. The van der Waals surface area contributed by atoms with E-state index in [1.165, 1.54) is 5.56 Å². The van der Waals surface area contributed by atoms with Crippen LogP contribution in [0.4, 0.5) is 0 Å². The molecule has 1 heterocycles. The van der Waals surface area contributed by atoms with Gasteiger partial charge in [-0.2, -0.15) is 0 Å². The van der Waals surface area contributed by atoms with Crippen LogP contribution in [0.15, 0.2) is 36.9 Å². The molecule has 0 N–H and O–H groups in total. The van der Waals surface area contributed by atoms with Gasteiger partial charge in [0.25, 0.3) is 0 Å². The highest BCUT2D eigenvalue weighted by Gasteiger charge is 2.21. The van der Waals surface area contributed by atoms with E-state index < -0.39 is 0 Å². The molecule has 0 radical (unpaired) electrons. The van der Waals surface area contributed by atoms with Gasteiger partial charge in [-0.15, -0.1) is 0 Å². The molecule has 1 unspecified atom stereocenters. The van der Waals surface area contributed by atoms with Gasteiger partial charge in [0.05, 0.1) is 13.2 Å². The molecule has 0 aromatic heterocycles. The molecular formula is C13H18O2. The van der Waals surface area contributed by atoms with E-state index in [0.29, 0.717) is 6.10 Å². The second kappa shape index (κ2) is 6.38. The predicted molar refractivity (Wildman–Crippen MR) is 62.8 cm³/mol. The molecule has 1 aromatic carbocycles. The highest BCUT2D eigenvalue weighted by molar-refractivity contribution is 5.60. The van der Waals surface area contributed by atoms with E-state index in [1.807, 2.05) is 25.1 Å². The van der Waals surface area contributed by atoms with Crippen molar-refractivity contribution in [3.63, 3.8) is 0 Å². The maximum absolute atomic E-state index is 4.82. The van der Waals surface area contributed by atoms with Crippen LogP contribution < -0.4 is 0 Å². The molecule has 0 aliphatic carbocycles. The lowest BCUT2D eigenvalue weighted by Crippen LogP contribution is -1.94. The maximum Gasteiger partial charge on any atom is 0.104 e. The molecule has 1 fully saturated rings. The third kappa shape index (κ3) is 5.35. The zero-order valence-corrected chi connectivity index (χ0v) is 9.40. The lowest BCUT2D eigenvalue weighted by atomic mass is 10.1. The van der Waals surface area contributed by atoms with Gasteiger partial charge in [-0.1, -0.05) is 42.5 Å². The third-order valence-corrected chi connectivity index (χ3v) is 2.02. The van der Waals surface area contributed by atoms with E-state index in [1.54, 1.807) is 7.11 Å². The standard InChI is InChI=1S/C9H10.C4H8O2/c1-8(2)9-6-4-3-5-7-9;1-5-2-4-3-6-4/h3-7H,1H2,2H3;4H,2-3H2,1H3. The first-order valence-corrected chi connectivity index (χ1v) is 5.05. The van der Waals surface area contributed by atoms with Crippen molar-refractivity contribution in [2.45, 2.75) is 13.0 Å². The Bertz CT molecular complexity index is 289. The van der Waals surface area contributed by atoms with Crippen LogP contribution in [0, 0.1) is 0 Å². The molecule has 1 saturated heterocycles. The average Bonchev–Trinajstić information content (AvgIpc) is 3.05. The summed E-state index contributed by atoms with van der Waals surface area (Å²) in [5.41, 5.74) is 2.34. The van der Waals surface area contributed by atoms with Crippen molar-refractivity contribution in [2.24, 2.45) is 0 Å². The molecule has 0 amide bonds. The van der Waals surface area contributed by atoms with Crippen molar-refractivity contribution in [3.05, 3.63) is 42.5 Å². The largest absolute Gasteiger partial charge is 0.382 e. The normalized spacial score (nSPS) is 17.6. The highest BCUT2D eigenvalue weighted by atomic mass is 16.6. The van der Waals surface area contributed by atoms with Crippen LogP contribution in [0.2, 0.25) is 0 Å². The van der Waals surface area contributed by atoms with E-state index in [2.05, 4.69) is 18.7 Å². The summed E-state index contributed by atoms with van der Waals surface area (Å²) < 4.78 is 9.56. The summed E-state index contributed by atoms with van der Waals surface area (Å²) in [5, 5.41) is 0. The van der Waals surface area contributed by atoms with Gasteiger partial charge in [0.15, 0.2) is 0 Å². The van der Waals surface area contributed by atoms with Crippen molar-refractivity contribution in [1.82, 2.24) is 0 Å².